The number of piperidine rings is 1. The summed E-state index contributed by atoms with van der Waals surface area (Å²) in [7, 11) is 0. The van der Waals surface area contributed by atoms with Gasteiger partial charge in [-0.15, -0.1) is 0 Å². The minimum absolute atomic E-state index is 0.000566. The summed E-state index contributed by atoms with van der Waals surface area (Å²) in [6, 6.07) is 9.84. The third-order valence-corrected chi connectivity index (χ3v) is 4.28. The van der Waals surface area contributed by atoms with Crippen LogP contribution in [-0.2, 0) is 0 Å². The van der Waals surface area contributed by atoms with Crippen molar-refractivity contribution < 1.29 is 9.53 Å². The SMILES string of the molecule is O=C(NCCCOc1ccccc1)N1CCCCC1c1cn[nH]c1. The Bertz CT molecular complexity index is 615. The third kappa shape index (κ3) is 4.28. The van der Waals surface area contributed by atoms with Crippen molar-refractivity contribution in [3.63, 3.8) is 0 Å². The third-order valence-electron chi connectivity index (χ3n) is 4.28. The molecule has 0 bridgehead atoms. The van der Waals surface area contributed by atoms with Crippen molar-refractivity contribution in [1.82, 2.24) is 20.4 Å². The lowest BCUT2D eigenvalue weighted by Crippen LogP contribution is -2.45. The predicted octanol–water partition coefficient (Wildman–Crippen LogP) is 3.12. The Morgan fingerprint density at radius 2 is 2.21 bits per heavy atom. The van der Waals surface area contributed by atoms with Crippen LogP contribution in [0.1, 0.15) is 37.3 Å². The molecule has 0 spiro atoms. The summed E-state index contributed by atoms with van der Waals surface area (Å²) in [6.45, 7) is 2.00. The lowest BCUT2D eigenvalue weighted by Gasteiger charge is -2.35. The molecule has 0 radical (unpaired) electrons. The Kier molecular flexibility index (Phi) is 5.71. The van der Waals surface area contributed by atoms with Crippen molar-refractivity contribution >= 4 is 6.03 Å². The van der Waals surface area contributed by atoms with Crippen LogP contribution in [0.4, 0.5) is 4.79 Å². The van der Waals surface area contributed by atoms with E-state index in [4.69, 9.17) is 4.74 Å². The second kappa shape index (κ2) is 8.38. The van der Waals surface area contributed by atoms with Gasteiger partial charge in [0.1, 0.15) is 5.75 Å². The highest BCUT2D eigenvalue weighted by Gasteiger charge is 2.28. The number of ether oxygens (including phenoxy) is 1. The molecule has 1 atom stereocenters. The summed E-state index contributed by atoms with van der Waals surface area (Å²) in [5, 5.41) is 9.85. The van der Waals surface area contributed by atoms with E-state index in [1.54, 1.807) is 0 Å². The predicted molar refractivity (Wildman–Crippen MR) is 91.8 cm³/mol. The molecule has 0 saturated carbocycles. The van der Waals surface area contributed by atoms with Crippen molar-refractivity contribution in [2.75, 3.05) is 19.7 Å². The highest BCUT2D eigenvalue weighted by Crippen LogP contribution is 2.30. The molecule has 6 nitrogen and oxygen atoms in total. The maximum absolute atomic E-state index is 12.5. The number of H-pyrrole nitrogens is 1. The van der Waals surface area contributed by atoms with Gasteiger partial charge in [0, 0.05) is 24.8 Å². The summed E-state index contributed by atoms with van der Waals surface area (Å²) in [5.74, 6) is 0.861. The molecule has 3 rings (SSSR count). The number of hydrogen-bond acceptors (Lipinski definition) is 3. The largest absolute Gasteiger partial charge is 0.494 e. The molecule has 24 heavy (non-hydrogen) atoms. The van der Waals surface area contributed by atoms with E-state index in [1.165, 1.54) is 0 Å². The number of carbonyl (C=O) groups excluding carboxylic acids is 1. The number of benzene rings is 1. The number of nitrogens with zero attached hydrogens (tertiary/aromatic N) is 2. The van der Waals surface area contributed by atoms with Gasteiger partial charge in [-0.05, 0) is 37.8 Å². The van der Waals surface area contributed by atoms with Crippen LogP contribution in [-0.4, -0.2) is 40.8 Å². The van der Waals surface area contributed by atoms with E-state index in [2.05, 4.69) is 15.5 Å². The summed E-state index contributed by atoms with van der Waals surface area (Å²) < 4.78 is 5.64. The van der Waals surface area contributed by atoms with Gasteiger partial charge in [0.25, 0.3) is 0 Å². The van der Waals surface area contributed by atoms with E-state index in [0.717, 1.165) is 43.5 Å². The molecule has 1 saturated heterocycles. The summed E-state index contributed by atoms with van der Waals surface area (Å²) in [5.41, 5.74) is 1.08. The summed E-state index contributed by atoms with van der Waals surface area (Å²) >= 11 is 0. The van der Waals surface area contributed by atoms with Gasteiger partial charge in [0.2, 0.25) is 0 Å². The second-order valence-electron chi connectivity index (χ2n) is 5.98. The van der Waals surface area contributed by atoms with Crippen molar-refractivity contribution in [1.29, 1.82) is 0 Å². The number of likely N-dealkylation sites (tertiary alicyclic amines) is 1. The summed E-state index contributed by atoms with van der Waals surface area (Å²) in [4.78, 5) is 14.4. The Morgan fingerprint density at radius 3 is 3.00 bits per heavy atom. The monoisotopic (exact) mass is 328 g/mol. The topological polar surface area (TPSA) is 70.2 Å². The van der Waals surface area contributed by atoms with Crippen LogP contribution < -0.4 is 10.1 Å². The molecule has 2 N–H and O–H groups in total. The Morgan fingerprint density at radius 1 is 1.33 bits per heavy atom. The van der Waals surface area contributed by atoms with Crippen LogP contribution in [0.5, 0.6) is 5.75 Å². The first-order valence-corrected chi connectivity index (χ1v) is 8.55. The second-order valence-corrected chi connectivity index (χ2v) is 5.98. The zero-order valence-corrected chi connectivity index (χ0v) is 13.8. The number of urea groups is 1. The van der Waals surface area contributed by atoms with Crippen molar-refractivity contribution in [3.05, 3.63) is 48.3 Å². The highest BCUT2D eigenvalue weighted by atomic mass is 16.5. The molecule has 2 amide bonds. The summed E-state index contributed by atoms with van der Waals surface area (Å²) in [6.07, 6.45) is 7.66. The fourth-order valence-corrected chi connectivity index (χ4v) is 3.04. The Hall–Kier alpha value is -2.50. The standard InChI is InChI=1S/C18H24N4O2/c23-18(19-10-6-12-24-16-7-2-1-3-8-16)22-11-5-4-9-17(22)15-13-20-21-14-15/h1-3,7-8,13-14,17H,4-6,9-12H2,(H,19,23)(H,20,21). The van der Waals surface area contributed by atoms with Crippen molar-refractivity contribution in [3.8, 4) is 5.75 Å². The van der Waals surface area contributed by atoms with E-state index in [1.807, 2.05) is 47.6 Å². The Balaban J connectivity index is 1.42. The lowest BCUT2D eigenvalue weighted by molar-refractivity contribution is 0.151. The van der Waals surface area contributed by atoms with Gasteiger partial charge in [0.15, 0.2) is 0 Å². The van der Waals surface area contributed by atoms with Gasteiger partial charge in [-0.25, -0.2) is 4.79 Å². The molecule has 2 aromatic rings. The number of aromatic nitrogens is 2. The number of amides is 2. The number of nitrogens with one attached hydrogen (secondary N) is 2. The van der Waals surface area contributed by atoms with Gasteiger partial charge >= 0.3 is 6.03 Å². The van der Waals surface area contributed by atoms with Crippen LogP contribution in [0.2, 0.25) is 0 Å². The fourth-order valence-electron chi connectivity index (χ4n) is 3.04. The van der Waals surface area contributed by atoms with E-state index in [-0.39, 0.29) is 12.1 Å². The smallest absolute Gasteiger partial charge is 0.317 e. The van der Waals surface area contributed by atoms with E-state index in [0.29, 0.717) is 13.2 Å². The van der Waals surface area contributed by atoms with Crippen molar-refractivity contribution in [2.45, 2.75) is 31.7 Å². The van der Waals surface area contributed by atoms with Crippen LogP contribution in [0.3, 0.4) is 0 Å². The van der Waals surface area contributed by atoms with E-state index in [9.17, 15) is 4.79 Å². The minimum atomic E-state index is 0.000566. The number of rotatable bonds is 6. The maximum atomic E-state index is 12.5. The highest BCUT2D eigenvalue weighted by molar-refractivity contribution is 5.74. The van der Waals surface area contributed by atoms with Gasteiger partial charge in [-0.1, -0.05) is 18.2 Å². The first-order chi connectivity index (χ1) is 11.8. The molecule has 2 heterocycles. The van der Waals surface area contributed by atoms with Gasteiger partial charge in [-0.3, -0.25) is 5.10 Å². The first kappa shape index (κ1) is 16.4. The van der Waals surface area contributed by atoms with Crippen LogP contribution in [0.25, 0.3) is 0 Å². The van der Waals surface area contributed by atoms with Gasteiger partial charge < -0.3 is 15.0 Å². The molecular formula is C18H24N4O2. The normalized spacial score (nSPS) is 17.5. The number of aromatic amines is 1. The lowest BCUT2D eigenvalue weighted by atomic mass is 9.98. The first-order valence-electron chi connectivity index (χ1n) is 8.55. The zero-order chi connectivity index (χ0) is 16.6. The van der Waals surface area contributed by atoms with Crippen LogP contribution >= 0.6 is 0 Å². The average Bonchev–Trinajstić information content (AvgIpc) is 3.17. The molecule has 0 aliphatic carbocycles. The zero-order valence-electron chi connectivity index (χ0n) is 13.8. The Labute approximate surface area is 142 Å². The van der Waals surface area contributed by atoms with Crippen molar-refractivity contribution in [2.24, 2.45) is 0 Å². The molecule has 1 aliphatic heterocycles. The quantitative estimate of drug-likeness (QED) is 0.801. The van der Waals surface area contributed by atoms with E-state index < -0.39 is 0 Å². The van der Waals surface area contributed by atoms with Gasteiger partial charge in [0.05, 0.1) is 18.8 Å². The molecule has 1 aromatic carbocycles. The average molecular weight is 328 g/mol. The molecule has 128 valence electrons. The van der Waals surface area contributed by atoms with Crippen LogP contribution in [0.15, 0.2) is 42.7 Å². The molecule has 6 heteroatoms. The molecule has 1 aliphatic rings. The molecule has 1 aromatic heterocycles. The van der Waals surface area contributed by atoms with Gasteiger partial charge in [-0.2, -0.15) is 5.10 Å². The number of para-hydroxylation sites is 1. The maximum Gasteiger partial charge on any atom is 0.317 e. The van der Waals surface area contributed by atoms with Crippen LogP contribution in [0, 0.1) is 0 Å². The molecule has 1 fully saturated rings. The number of carbonyl (C=O) groups is 1. The number of hydrogen-bond donors (Lipinski definition) is 2. The molecule has 1 unspecified atom stereocenters. The van der Waals surface area contributed by atoms with E-state index >= 15 is 0 Å². The minimum Gasteiger partial charge on any atom is -0.494 e. The fraction of sp³-hybridized carbons (Fsp3) is 0.444. The molecular weight excluding hydrogens is 304 g/mol.